The molecule has 4 heterocycles. The van der Waals surface area contributed by atoms with E-state index < -0.39 is 17.6 Å². The zero-order valence-electron chi connectivity index (χ0n) is 22.3. The van der Waals surface area contributed by atoms with E-state index >= 15 is 0 Å². The van der Waals surface area contributed by atoms with Gasteiger partial charge in [-0.05, 0) is 67.1 Å². The van der Waals surface area contributed by atoms with Crippen LogP contribution in [0.5, 0.6) is 0 Å². The SMILES string of the molecule is CN1CCN(Cc2cc(NC(=O)c3ccc4c(c3)N(Cc3cnc5ccccn35)CC4)cc(C(F)(F)F)c2)CC1. The Kier molecular flexibility index (Phi) is 6.97. The first kappa shape index (κ1) is 26.3. The first-order valence-corrected chi connectivity index (χ1v) is 13.5. The first-order chi connectivity index (χ1) is 19.2. The van der Waals surface area contributed by atoms with Crippen molar-refractivity contribution in [1.82, 2.24) is 19.2 Å². The molecule has 2 aliphatic rings. The normalized spacial score (nSPS) is 16.4. The molecule has 1 N–H and O–H groups in total. The lowest BCUT2D eigenvalue weighted by Gasteiger charge is -2.32. The van der Waals surface area contributed by atoms with Crippen molar-refractivity contribution >= 4 is 22.9 Å². The maximum Gasteiger partial charge on any atom is 0.416 e. The molecule has 1 fully saturated rings. The second kappa shape index (κ2) is 10.6. The number of halogens is 3. The molecule has 4 aromatic rings. The van der Waals surface area contributed by atoms with Gasteiger partial charge in [-0.2, -0.15) is 13.2 Å². The molecule has 208 valence electrons. The number of benzene rings is 2. The van der Waals surface area contributed by atoms with E-state index in [0.29, 0.717) is 24.2 Å². The number of pyridine rings is 1. The third kappa shape index (κ3) is 5.55. The van der Waals surface area contributed by atoms with Crippen LogP contribution < -0.4 is 10.2 Å². The quantitative estimate of drug-likeness (QED) is 0.371. The summed E-state index contributed by atoms with van der Waals surface area (Å²) >= 11 is 0. The number of likely N-dealkylation sites (N-methyl/N-ethyl adjacent to an activating group) is 1. The lowest BCUT2D eigenvalue weighted by molar-refractivity contribution is -0.137. The van der Waals surface area contributed by atoms with Gasteiger partial charge in [0.25, 0.3) is 5.91 Å². The summed E-state index contributed by atoms with van der Waals surface area (Å²) in [7, 11) is 2.03. The lowest BCUT2D eigenvalue weighted by atomic mass is 10.1. The standard InChI is InChI=1S/C30H31F3N6O/c1-36-10-12-37(13-11-36)19-21-14-24(30(31,32)33)17-25(15-21)35-29(40)23-6-5-22-7-9-38(27(22)16-23)20-26-18-34-28-4-2-3-8-39(26)28/h2-6,8,14-18H,7,9-13,19-20H2,1H3,(H,35,40). The molecular formula is C30H31F3N6O. The smallest absolute Gasteiger partial charge is 0.365 e. The van der Waals surface area contributed by atoms with E-state index in [0.717, 1.165) is 67.8 Å². The first-order valence-electron chi connectivity index (χ1n) is 13.5. The zero-order valence-corrected chi connectivity index (χ0v) is 22.3. The van der Waals surface area contributed by atoms with Crippen LogP contribution in [0.3, 0.4) is 0 Å². The molecule has 0 spiro atoms. The number of anilines is 2. The monoisotopic (exact) mass is 548 g/mol. The van der Waals surface area contributed by atoms with Crippen molar-refractivity contribution in [1.29, 1.82) is 0 Å². The Bertz CT molecular complexity index is 1540. The number of imidazole rings is 1. The van der Waals surface area contributed by atoms with Gasteiger partial charge >= 0.3 is 6.18 Å². The van der Waals surface area contributed by atoms with Crippen LogP contribution in [0.25, 0.3) is 5.65 Å². The van der Waals surface area contributed by atoms with Gasteiger partial charge in [0.1, 0.15) is 5.65 Å². The second-order valence-electron chi connectivity index (χ2n) is 10.6. The minimum Gasteiger partial charge on any atom is -0.365 e. The van der Waals surface area contributed by atoms with Crippen LogP contribution in [0.4, 0.5) is 24.5 Å². The number of hydrogen-bond acceptors (Lipinski definition) is 5. The van der Waals surface area contributed by atoms with Crippen molar-refractivity contribution in [2.75, 3.05) is 50.0 Å². The number of amides is 1. The number of alkyl halides is 3. The van der Waals surface area contributed by atoms with Gasteiger partial charge in [-0.3, -0.25) is 9.69 Å². The van der Waals surface area contributed by atoms with E-state index in [1.807, 2.05) is 54.2 Å². The Balaban J connectivity index is 1.21. The van der Waals surface area contributed by atoms with Crippen molar-refractivity contribution < 1.29 is 18.0 Å². The van der Waals surface area contributed by atoms with Crippen molar-refractivity contribution in [2.24, 2.45) is 0 Å². The van der Waals surface area contributed by atoms with Crippen molar-refractivity contribution in [3.05, 3.63) is 94.9 Å². The topological polar surface area (TPSA) is 56.1 Å². The lowest BCUT2D eigenvalue weighted by Crippen LogP contribution is -2.43. The maximum atomic E-state index is 13.7. The Hall–Kier alpha value is -3.89. The molecule has 2 aliphatic heterocycles. The average Bonchev–Trinajstić information content (AvgIpc) is 3.53. The molecule has 1 amide bonds. The molecule has 6 rings (SSSR count). The zero-order chi connectivity index (χ0) is 27.9. The maximum absolute atomic E-state index is 13.7. The van der Waals surface area contributed by atoms with Crippen LogP contribution in [0.15, 0.2) is 67.0 Å². The summed E-state index contributed by atoms with van der Waals surface area (Å²) in [5, 5.41) is 2.73. The summed E-state index contributed by atoms with van der Waals surface area (Å²) in [6.45, 7) is 5.16. The van der Waals surface area contributed by atoms with E-state index in [1.54, 1.807) is 12.1 Å². The van der Waals surface area contributed by atoms with Crippen LogP contribution in [0, 0.1) is 0 Å². The van der Waals surface area contributed by atoms with Crippen LogP contribution in [0.1, 0.15) is 32.7 Å². The van der Waals surface area contributed by atoms with Gasteiger partial charge in [-0.15, -0.1) is 0 Å². The number of fused-ring (bicyclic) bond motifs is 2. The van der Waals surface area contributed by atoms with Crippen molar-refractivity contribution in [2.45, 2.75) is 25.7 Å². The minimum absolute atomic E-state index is 0.145. The van der Waals surface area contributed by atoms with Gasteiger partial charge in [0.05, 0.1) is 24.0 Å². The van der Waals surface area contributed by atoms with Crippen molar-refractivity contribution in [3.8, 4) is 0 Å². The summed E-state index contributed by atoms with van der Waals surface area (Å²) in [6, 6.07) is 15.2. The molecule has 0 bridgehead atoms. The fourth-order valence-corrected chi connectivity index (χ4v) is 5.54. The number of carbonyl (C=O) groups is 1. The Morgan fingerprint density at radius 3 is 2.60 bits per heavy atom. The molecule has 0 aliphatic carbocycles. The summed E-state index contributed by atoms with van der Waals surface area (Å²) in [5.41, 5.74) is 4.32. The van der Waals surface area contributed by atoms with Gasteiger partial charge in [-0.25, -0.2) is 4.98 Å². The highest BCUT2D eigenvalue weighted by atomic mass is 19.4. The Morgan fingerprint density at radius 2 is 1.80 bits per heavy atom. The number of hydrogen-bond donors (Lipinski definition) is 1. The molecule has 2 aromatic heterocycles. The molecule has 10 heteroatoms. The molecule has 7 nitrogen and oxygen atoms in total. The minimum atomic E-state index is -4.51. The van der Waals surface area contributed by atoms with Gasteiger partial charge in [0.15, 0.2) is 0 Å². The van der Waals surface area contributed by atoms with E-state index in [9.17, 15) is 18.0 Å². The fraction of sp³-hybridized carbons (Fsp3) is 0.333. The highest BCUT2D eigenvalue weighted by Gasteiger charge is 2.32. The number of nitrogens with one attached hydrogen (secondary N) is 1. The van der Waals surface area contributed by atoms with E-state index in [1.165, 1.54) is 6.07 Å². The molecule has 2 aromatic carbocycles. The summed E-state index contributed by atoms with van der Waals surface area (Å²) in [5.74, 6) is -0.436. The van der Waals surface area contributed by atoms with Gasteiger partial charge in [0, 0.05) is 62.4 Å². The average molecular weight is 549 g/mol. The number of piperazine rings is 1. The largest absolute Gasteiger partial charge is 0.416 e. The highest BCUT2D eigenvalue weighted by molar-refractivity contribution is 6.05. The second-order valence-corrected chi connectivity index (χ2v) is 10.6. The van der Waals surface area contributed by atoms with E-state index in [2.05, 4.69) is 25.0 Å². The summed E-state index contributed by atoms with van der Waals surface area (Å²) in [4.78, 5) is 24.3. The molecular weight excluding hydrogens is 517 g/mol. The molecule has 0 saturated carbocycles. The summed E-state index contributed by atoms with van der Waals surface area (Å²) in [6.07, 6.45) is 0.184. The molecule has 0 atom stereocenters. The van der Waals surface area contributed by atoms with Crippen LogP contribution >= 0.6 is 0 Å². The third-order valence-electron chi connectivity index (χ3n) is 7.77. The van der Waals surface area contributed by atoms with Gasteiger partial charge in [-0.1, -0.05) is 12.1 Å². The number of carbonyl (C=O) groups excluding carboxylic acids is 1. The highest BCUT2D eigenvalue weighted by Crippen LogP contribution is 2.34. The van der Waals surface area contributed by atoms with Gasteiger partial charge < -0.3 is 19.5 Å². The van der Waals surface area contributed by atoms with E-state index in [-0.39, 0.29) is 5.69 Å². The number of rotatable bonds is 6. The van der Waals surface area contributed by atoms with Gasteiger partial charge in [0.2, 0.25) is 0 Å². The third-order valence-corrected chi connectivity index (χ3v) is 7.77. The van der Waals surface area contributed by atoms with E-state index in [4.69, 9.17) is 0 Å². The predicted octanol–water partition coefficient (Wildman–Crippen LogP) is 4.92. The Labute approximate surface area is 230 Å². The molecule has 40 heavy (non-hydrogen) atoms. The number of aromatic nitrogens is 2. The van der Waals surface area contributed by atoms with Crippen LogP contribution in [0.2, 0.25) is 0 Å². The molecule has 0 unspecified atom stereocenters. The Morgan fingerprint density at radius 1 is 0.975 bits per heavy atom. The number of nitrogens with zero attached hydrogens (tertiary/aromatic N) is 5. The molecule has 1 saturated heterocycles. The predicted molar refractivity (Wildman–Crippen MR) is 149 cm³/mol. The van der Waals surface area contributed by atoms with Crippen LogP contribution in [-0.4, -0.2) is 64.9 Å². The van der Waals surface area contributed by atoms with Crippen molar-refractivity contribution in [3.63, 3.8) is 0 Å². The van der Waals surface area contributed by atoms with Crippen LogP contribution in [-0.2, 0) is 25.7 Å². The molecule has 0 radical (unpaired) electrons. The summed E-state index contributed by atoms with van der Waals surface area (Å²) < 4.78 is 43.3. The fourth-order valence-electron chi connectivity index (χ4n) is 5.54.